The highest BCUT2D eigenvalue weighted by Gasteiger charge is 2.24. The maximum atomic E-state index is 12.0. The Morgan fingerprint density at radius 1 is 0.579 bits per heavy atom. The van der Waals surface area contributed by atoms with E-state index < -0.39 is 31.3 Å². The van der Waals surface area contributed by atoms with Gasteiger partial charge in [-0.3, -0.25) is 4.89 Å². The van der Waals surface area contributed by atoms with E-state index in [0.29, 0.717) is 0 Å². The Balaban J connectivity index is 0.000000215. The Hall–Kier alpha value is -4.92. The molecule has 0 amide bonds. The Bertz CT molecular complexity index is 1400. The number of aromatic carboxylic acids is 2. The van der Waals surface area contributed by atoms with Gasteiger partial charge in [-0.1, -0.05) is 54.6 Å². The van der Waals surface area contributed by atoms with Crippen LogP contribution in [0.2, 0.25) is 0 Å². The van der Waals surface area contributed by atoms with Crippen molar-refractivity contribution in [3.8, 4) is 17.2 Å². The molecule has 4 rings (SSSR count). The number of phosphoric acid groups is 1. The lowest BCUT2D eigenvalue weighted by Crippen LogP contribution is -2.15. The molecule has 0 aliphatic heterocycles. The van der Waals surface area contributed by atoms with Crippen molar-refractivity contribution in [1.82, 2.24) is 0 Å². The third kappa shape index (κ3) is 8.34. The maximum Gasteiger partial charge on any atom is 0.584 e. The number of esters is 1. The summed E-state index contributed by atoms with van der Waals surface area (Å²) in [5.41, 5.74) is -0.851. The second-order valence-corrected chi connectivity index (χ2v) is 8.65. The summed E-state index contributed by atoms with van der Waals surface area (Å²) >= 11 is 0. The topological polar surface area (TPSA) is 157 Å². The standard InChI is InChI=1S/C15H10O6.C12H11O4P/c16-13(17)9-6-7-11(12(8-9)14(18)19)15(20)21-10-4-2-1-3-5-10;13-17(14,15-11-7-3-1-4-8-11)16-12-9-5-2-6-10-12/h1-8H,(H,16,17)(H,18,19);1-10H,(H,13,14). The SMILES string of the molecule is O=C(O)c1ccc(C(=O)Oc2ccccc2)c(C(=O)O)c1.O=P(O)(Oc1ccccc1)Oc1ccccc1. The van der Waals surface area contributed by atoms with Gasteiger partial charge in [-0.15, -0.1) is 0 Å². The van der Waals surface area contributed by atoms with Crippen LogP contribution in [-0.2, 0) is 4.57 Å². The van der Waals surface area contributed by atoms with E-state index >= 15 is 0 Å². The van der Waals surface area contributed by atoms with Crippen molar-refractivity contribution in [3.05, 3.63) is 126 Å². The number of para-hydroxylation sites is 3. The number of hydrogen-bond acceptors (Lipinski definition) is 7. The quantitative estimate of drug-likeness (QED) is 0.148. The largest absolute Gasteiger partial charge is 0.584 e. The van der Waals surface area contributed by atoms with Crippen molar-refractivity contribution in [2.75, 3.05) is 0 Å². The number of carboxylic acids is 2. The van der Waals surface area contributed by atoms with E-state index in [4.69, 9.17) is 24.0 Å². The predicted octanol–water partition coefficient (Wildman–Crippen LogP) is 5.55. The van der Waals surface area contributed by atoms with Crippen LogP contribution in [0.3, 0.4) is 0 Å². The third-order valence-corrected chi connectivity index (χ3v) is 5.48. The van der Waals surface area contributed by atoms with Gasteiger partial charge in [-0.05, 0) is 54.6 Å². The molecule has 4 aromatic rings. The van der Waals surface area contributed by atoms with Crippen molar-refractivity contribution in [2.45, 2.75) is 0 Å². The Labute approximate surface area is 216 Å². The van der Waals surface area contributed by atoms with Crippen molar-refractivity contribution in [2.24, 2.45) is 0 Å². The van der Waals surface area contributed by atoms with Gasteiger partial charge < -0.3 is 24.0 Å². The smallest absolute Gasteiger partial charge is 0.478 e. The van der Waals surface area contributed by atoms with Crippen LogP contribution in [0.15, 0.2) is 109 Å². The van der Waals surface area contributed by atoms with Gasteiger partial charge in [-0.2, -0.15) is 0 Å². The molecular weight excluding hydrogens is 515 g/mol. The number of carbonyl (C=O) groups is 3. The molecule has 3 N–H and O–H groups in total. The summed E-state index contributed by atoms with van der Waals surface area (Å²) < 4.78 is 26.5. The third-order valence-electron chi connectivity index (χ3n) is 4.60. The maximum absolute atomic E-state index is 12.0. The molecule has 10 nitrogen and oxygen atoms in total. The monoisotopic (exact) mass is 536 g/mol. The highest BCUT2D eigenvalue weighted by atomic mass is 31.2. The zero-order valence-corrected chi connectivity index (χ0v) is 20.4. The lowest BCUT2D eigenvalue weighted by Gasteiger charge is -2.13. The number of hydrogen-bond donors (Lipinski definition) is 3. The molecule has 0 bridgehead atoms. The first kappa shape index (κ1) is 27.7. The van der Waals surface area contributed by atoms with E-state index in [2.05, 4.69) is 0 Å². The van der Waals surface area contributed by atoms with E-state index in [1.54, 1.807) is 91.0 Å². The van der Waals surface area contributed by atoms with Gasteiger partial charge in [0.2, 0.25) is 0 Å². The molecule has 0 atom stereocenters. The van der Waals surface area contributed by atoms with Gasteiger partial charge in [-0.25, -0.2) is 18.9 Å². The lowest BCUT2D eigenvalue weighted by atomic mass is 10.0. The molecule has 0 aliphatic rings. The first-order valence-electron chi connectivity index (χ1n) is 10.8. The number of benzene rings is 4. The average Bonchev–Trinajstić information content (AvgIpc) is 2.90. The number of rotatable bonds is 8. The summed E-state index contributed by atoms with van der Waals surface area (Å²) in [5.74, 6) is -2.71. The summed E-state index contributed by atoms with van der Waals surface area (Å²) in [6.07, 6.45) is 0. The van der Waals surface area contributed by atoms with Crippen LogP contribution in [0.25, 0.3) is 0 Å². The Morgan fingerprint density at radius 2 is 1.03 bits per heavy atom. The highest BCUT2D eigenvalue weighted by Crippen LogP contribution is 2.44. The summed E-state index contributed by atoms with van der Waals surface area (Å²) in [5, 5.41) is 17.9. The fourth-order valence-corrected chi connectivity index (χ4v) is 3.74. The molecule has 0 unspecified atom stereocenters. The van der Waals surface area contributed by atoms with Gasteiger partial charge in [0.05, 0.1) is 16.7 Å². The second-order valence-electron chi connectivity index (χ2n) is 7.35. The van der Waals surface area contributed by atoms with Crippen LogP contribution < -0.4 is 13.8 Å². The Morgan fingerprint density at radius 3 is 1.45 bits per heavy atom. The van der Waals surface area contributed by atoms with Crippen molar-refractivity contribution < 1.29 is 47.8 Å². The molecule has 0 fully saturated rings. The fourth-order valence-electron chi connectivity index (χ4n) is 2.93. The Kier molecular flexibility index (Phi) is 9.37. The first-order valence-corrected chi connectivity index (χ1v) is 12.3. The minimum atomic E-state index is -4.14. The predicted molar refractivity (Wildman–Crippen MR) is 136 cm³/mol. The van der Waals surface area contributed by atoms with Gasteiger partial charge >= 0.3 is 25.7 Å². The minimum absolute atomic E-state index is 0.212. The molecule has 4 aromatic carbocycles. The van der Waals surface area contributed by atoms with Crippen molar-refractivity contribution in [1.29, 1.82) is 0 Å². The van der Waals surface area contributed by atoms with Gasteiger partial charge in [0, 0.05) is 0 Å². The molecule has 0 heterocycles. The average molecular weight is 536 g/mol. The molecule has 38 heavy (non-hydrogen) atoms. The lowest BCUT2D eigenvalue weighted by molar-refractivity contribution is 0.0666. The molecule has 0 aliphatic carbocycles. The molecule has 0 spiro atoms. The van der Waals surface area contributed by atoms with Gasteiger partial charge in [0.25, 0.3) is 0 Å². The van der Waals surface area contributed by atoms with E-state index in [-0.39, 0.29) is 28.4 Å². The molecule has 0 saturated heterocycles. The first-order chi connectivity index (χ1) is 18.1. The molecule has 194 valence electrons. The van der Waals surface area contributed by atoms with Crippen LogP contribution >= 0.6 is 7.82 Å². The van der Waals surface area contributed by atoms with Crippen LogP contribution in [0.1, 0.15) is 31.1 Å². The summed E-state index contributed by atoms with van der Waals surface area (Å²) in [7, 11) is -4.14. The molecular formula is C27H21O10P. The summed E-state index contributed by atoms with van der Waals surface area (Å²) in [6.45, 7) is 0. The number of ether oxygens (including phenoxy) is 1. The van der Waals surface area contributed by atoms with Crippen molar-refractivity contribution >= 4 is 25.7 Å². The zero-order chi connectivity index (χ0) is 27.5. The van der Waals surface area contributed by atoms with Crippen LogP contribution in [-0.4, -0.2) is 33.0 Å². The van der Waals surface area contributed by atoms with Crippen LogP contribution in [0.4, 0.5) is 0 Å². The molecule has 0 saturated carbocycles. The van der Waals surface area contributed by atoms with E-state index in [0.717, 1.165) is 18.2 Å². The minimum Gasteiger partial charge on any atom is -0.478 e. The zero-order valence-electron chi connectivity index (χ0n) is 19.5. The van der Waals surface area contributed by atoms with E-state index in [1.807, 2.05) is 0 Å². The van der Waals surface area contributed by atoms with Crippen LogP contribution in [0, 0.1) is 0 Å². The highest BCUT2D eigenvalue weighted by molar-refractivity contribution is 7.48. The van der Waals surface area contributed by atoms with Gasteiger partial charge in [0.15, 0.2) is 0 Å². The fraction of sp³-hybridized carbons (Fsp3) is 0. The van der Waals surface area contributed by atoms with Crippen molar-refractivity contribution in [3.63, 3.8) is 0 Å². The summed E-state index contributed by atoms with van der Waals surface area (Å²) in [6, 6.07) is 28.1. The second kappa shape index (κ2) is 12.9. The number of phosphoric ester groups is 1. The number of carbonyl (C=O) groups excluding carboxylic acids is 1. The van der Waals surface area contributed by atoms with E-state index in [9.17, 15) is 23.8 Å². The van der Waals surface area contributed by atoms with Gasteiger partial charge in [0.1, 0.15) is 17.2 Å². The van der Waals surface area contributed by atoms with E-state index in [1.165, 1.54) is 0 Å². The normalized spacial score (nSPS) is 10.3. The number of carboxylic acid groups (broad SMARTS) is 2. The molecule has 11 heteroatoms. The summed E-state index contributed by atoms with van der Waals surface area (Å²) in [4.78, 5) is 43.5. The molecule has 0 aromatic heterocycles. The van der Waals surface area contributed by atoms with Crippen LogP contribution in [0.5, 0.6) is 17.2 Å². The molecule has 0 radical (unpaired) electrons.